The largest absolute Gasteiger partial charge is 0.457 e. The van der Waals surface area contributed by atoms with Crippen molar-refractivity contribution in [2.45, 2.75) is 12.8 Å². The second-order valence-electron chi connectivity index (χ2n) is 4.54. The summed E-state index contributed by atoms with van der Waals surface area (Å²) < 4.78 is 5.93. The van der Waals surface area contributed by atoms with Gasteiger partial charge in [0.15, 0.2) is 0 Å². The Morgan fingerprint density at radius 3 is 2.84 bits per heavy atom. The first-order valence-electron chi connectivity index (χ1n) is 6.39. The van der Waals surface area contributed by atoms with Gasteiger partial charge in [0, 0.05) is 10.9 Å². The predicted octanol–water partition coefficient (Wildman–Crippen LogP) is 4.27. The highest BCUT2D eigenvalue weighted by molar-refractivity contribution is 5.92. The molecule has 2 aromatic carbocycles. The Hall–Kier alpha value is -2.35. The lowest BCUT2D eigenvalue weighted by molar-refractivity contribution is 0.112. The fourth-order valence-corrected chi connectivity index (χ4v) is 2.23. The first-order valence-corrected chi connectivity index (χ1v) is 6.39. The van der Waals surface area contributed by atoms with E-state index in [4.69, 9.17) is 4.74 Å². The van der Waals surface area contributed by atoms with Gasteiger partial charge in [-0.25, -0.2) is 0 Å². The summed E-state index contributed by atoms with van der Waals surface area (Å²) in [6.07, 6.45) is 9.17. The predicted molar refractivity (Wildman–Crippen MR) is 76.4 cm³/mol. The monoisotopic (exact) mass is 250 g/mol. The molecule has 0 unspecified atom stereocenters. The van der Waals surface area contributed by atoms with E-state index in [-0.39, 0.29) is 0 Å². The lowest BCUT2D eigenvalue weighted by atomic mass is 10.1. The van der Waals surface area contributed by atoms with Crippen LogP contribution in [0.2, 0.25) is 0 Å². The lowest BCUT2D eigenvalue weighted by Gasteiger charge is -2.12. The van der Waals surface area contributed by atoms with E-state index in [2.05, 4.69) is 12.2 Å². The van der Waals surface area contributed by atoms with Crippen LogP contribution in [0.4, 0.5) is 0 Å². The number of carbonyl (C=O) groups excluding carboxylic acids is 1. The van der Waals surface area contributed by atoms with Gasteiger partial charge in [-0.1, -0.05) is 24.3 Å². The number of rotatable bonds is 3. The number of carbonyl (C=O) groups is 1. The van der Waals surface area contributed by atoms with Crippen molar-refractivity contribution < 1.29 is 9.53 Å². The number of aldehydes is 1. The van der Waals surface area contributed by atoms with Gasteiger partial charge >= 0.3 is 0 Å². The smallest absolute Gasteiger partial charge is 0.150 e. The molecule has 0 saturated heterocycles. The molecule has 2 heteroatoms. The number of benzene rings is 2. The minimum Gasteiger partial charge on any atom is -0.457 e. The molecule has 0 N–H and O–H groups in total. The van der Waals surface area contributed by atoms with E-state index in [9.17, 15) is 4.79 Å². The molecular weight excluding hydrogens is 236 g/mol. The second kappa shape index (κ2) is 5.11. The van der Waals surface area contributed by atoms with Crippen LogP contribution in [0, 0.1) is 0 Å². The summed E-state index contributed by atoms with van der Waals surface area (Å²) in [6, 6.07) is 11.5. The van der Waals surface area contributed by atoms with E-state index in [1.54, 1.807) is 0 Å². The Kier molecular flexibility index (Phi) is 3.15. The third-order valence-electron chi connectivity index (χ3n) is 3.19. The number of hydrogen-bond donors (Lipinski definition) is 0. The van der Waals surface area contributed by atoms with Gasteiger partial charge in [-0.05, 0) is 48.6 Å². The molecule has 0 aliphatic heterocycles. The maximum Gasteiger partial charge on any atom is 0.150 e. The van der Waals surface area contributed by atoms with Gasteiger partial charge in [-0.15, -0.1) is 0 Å². The fourth-order valence-electron chi connectivity index (χ4n) is 2.23. The summed E-state index contributed by atoms with van der Waals surface area (Å²) in [5.41, 5.74) is 0.682. The molecular formula is C17H14O2. The van der Waals surface area contributed by atoms with Gasteiger partial charge in [0.05, 0.1) is 0 Å². The Balaban J connectivity index is 2.01. The lowest BCUT2D eigenvalue weighted by Crippen LogP contribution is -1.96. The molecule has 0 fully saturated rings. The van der Waals surface area contributed by atoms with Crippen LogP contribution in [-0.2, 0) is 0 Å². The van der Waals surface area contributed by atoms with Crippen molar-refractivity contribution in [3.05, 3.63) is 65.9 Å². The van der Waals surface area contributed by atoms with Crippen LogP contribution >= 0.6 is 0 Å². The molecule has 1 aliphatic rings. The molecule has 19 heavy (non-hydrogen) atoms. The first kappa shape index (κ1) is 11.7. The SMILES string of the molecule is O=Cc1ccc2c(OC3=CCCC=C3)cccc2c1. The van der Waals surface area contributed by atoms with Crippen molar-refractivity contribution >= 4 is 17.1 Å². The summed E-state index contributed by atoms with van der Waals surface area (Å²) in [6.45, 7) is 0. The van der Waals surface area contributed by atoms with E-state index in [0.717, 1.165) is 41.4 Å². The molecule has 0 radical (unpaired) electrons. The molecule has 0 atom stereocenters. The summed E-state index contributed by atoms with van der Waals surface area (Å²) >= 11 is 0. The van der Waals surface area contributed by atoms with E-state index in [1.165, 1.54) is 0 Å². The highest BCUT2D eigenvalue weighted by Gasteiger charge is 2.05. The second-order valence-corrected chi connectivity index (χ2v) is 4.54. The molecule has 1 aliphatic carbocycles. The molecule has 0 spiro atoms. The van der Waals surface area contributed by atoms with Crippen molar-refractivity contribution in [3.8, 4) is 5.75 Å². The maximum atomic E-state index is 10.8. The standard InChI is InChI=1S/C17H14O2/c18-12-13-9-10-16-14(11-13)5-4-8-17(16)19-15-6-2-1-3-7-15/h2,4-12H,1,3H2. The molecule has 2 nitrogen and oxygen atoms in total. The van der Waals surface area contributed by atoms with Crippen molar-refractivity contribution in [1.29, 1.82) is 0 Å². The van der Waals surface area contributed by atoms with Gasteiger partial charge in [-0.3, -0.25) is 4.79 Å². The minimum atomic E-state index is 0.682. The summed E-state index contributed by atoms with van der Waals surface area (Å²) in [5, 5.41) is 2.04. The quantitative estimate of drug-likeness (QED) is 0.760. The summed E-state index contributed by atoms with van der Waals surface area (Å²) in [4.78, 5) is 10.8. The van der Waals surface area contributed by atoms with Crippen molar-refractivity contribution in [2.75, 3.05) is 0 Å². The molecule has 0 amide bonds. The van der Waals surface area contributed by atoms with E-state index >= 15 is 0 Å². The van der Waals surface area contributed by atoms with Crippen LogP contribution in [0.3, 0.4) is 0 Å². The zero-order valence-electron chi connectivity index (χ0n) is 10.5. The number of hydrogen-bond acceptors (Lipinski definition) is 2. The maximum absolute atomic E-state index is 10.8. The van der Waals surface area contributed by atoms with Crippen LogP contribution in [0.5, 0.6) is 5.75 Å². The number of allylic oxidation sites excluding steroid dienone is 3. The first-order chi connectivity index (χ1) is 9.36. The topological polar surface area (TPSA) is 26.3 Å². The third kappa shape index (κ3) is 2.43. The van der Waals surface area contributed by atoms with Gasteiger partial charge in [0.2, 0.25) is 0 Å². The zero-order chi connectivity index (χ0) is 13.1. The highest BCUT2D eigenvalue weighted by Crippen LogP contribution is 2.28. The molecule has 94 valence electrons. The van der Waals surface area contributed by atoms with Gasteiger partial charge < -0.3 is 4.74 Å². The van der Waals surface area contributed by atoms with Crippen LogP contribution in [0.15, 0.2) is 60.4 Å². The van der Waals surface area contributed by atoms with Gasteiger partial charge in [0.25, 0.3) is 0 Å². The molecule has 0 aromatic heterocycles. The Morgan fingerprint density at radius 1 is 1.11 bits per heavy atom. The van der Waals surface area contributed by atoms with Crippen LogP contribution < -0.4 is 4.74 Å². The minimum absolute atomic E-state index is 0.682. The normalized spacial score (nSPS) is 14.2. The summed E-state index contributed by atoms with van der Waals surface area (Å²) in [7, 11) is 0. The summed E-state index contributed by atoms with van der Waals surface area (Å²) in [5.74, 6) is 1.71. The number of fused-ring (bicyclic) bond motifs is 1. The Labute approximate surface area is 112 Å². The number of ether oxygens (including phenoxy) is 1. The van der Waals surface area contributed by atoms with E-state index in [0.29, 0.717) is 5.56 Å². The molecule has 3 rings (SSSR count). The Bertz CT molecular complexity index is 681. The average Bonchev–Trinajstić information content (AvgIpc) is 2.48. The van der Waals surface area contributed by atoms with Crippen LogP contribution in [0.25, 0.3) is 10.8 Å². The van der Waals surface area contributed by atoms with Crippen LogP contribution in [0.1, 0.15) is 23.2 Å². The highest BCUT2D eigenvalue weighted by atomic mass is 16.5. The Morgan fingerprint density at radius 2 is 2.05 bits per heavy atom. The molecule has 0 saturated carbocycles. The average molecular weight is 250 g/mol. The molecule has 2 aromatic rings. The molecule has 0 heterocycles. The fraction of sp³-hybridized carbons (Fsp3) is 0.118. The van der Waals surface area contributed by atoms with Gasteiger partial charge in [-0.2, -0.15) is 0 Å². The third-order valence-corrected chi connectivity index (χ3v) is 3.19. The van der Waals surface area contributed by atoms with E-state index < -0.39 is 0 Å². The zero-order valence-corrected chi connectivity index (χ0v) is 10.5. The van der Waals surface area contributed by atoms with Gasteiger partial charge in [0.1, 0.15) is 17.8 Å². The van der Waals surface area contributed by atoms with Crippen LogP contribution in [-0.4, -0.2) is 6.29 Å². The van der Waals surface area contributed by atoms with E-state index in [1.807, 2.05) is 42.5 Å². The van der Waals surface area contributed by atoms with Crippen molar-refractivity contribution in [2.24, 2.45) is 0 Å². The van der Waals surface area contributed by atoms with Crippen molar-refractivity contribution in [3.63, 3.8) is 0 Å². The molecule has 0 bridgehead atoms. The van der Waals surface area contributed by atoms with Crippen molar-refractivity contribution in [1.82, 2.24) is 0 Å².